The van der Waals surface area contributed by atoms with Gasteiger partial charge in [0.1, 0.15) is 6.10 Å². The second-order valence-corrected chi connectivity index (χ2v) is 1.77. The van der Waals surface area contributed by atoms with Crippen LogP contribution in [0.1, 0.15) is 13.8 Å². The normalized spacial score (nSPS) is 12.8. The van der Waals surface area contributed by atoms with Crippen molar-refractivity contribution in [1.29, 1.82) is 0 Å². The third kappa shape index (κ3) is 5.26. The lowest BCUT2D eigenvalue weighted by Gasteiger charge is -2.07. The van der Waals surface area contributed by atoms with Gasteiger partial charge < -0.3 is 5.11 Å². The summed E-state index contributed by atoms with van der Waals surface area (Å²) in [5, 5.41) is 8.37. The molecule has 4 nitrogen and oxygen atoms in total. The summed E-state index contributed by atoms with van der Waals surface area (Å²) in [5.41, 5.74) is 2.10. The van der Waals surface area contributed by atoms with Crippen molar-refractivity contribution in [3.8, 4) is 0 Å². The molecule has 0 heterocycles. The van der Waals surface area contributed by atoms with Crippen LogP contribution in [0.4, 0.5) is 0 Å². The smallest absolute Gasteiger partial charge is 0.240 e. The van der Waals surface area contributed by atoms with E-state index in [1.54, 1.807) is 6.92 Å². The molecule has 0 rings (SSSR count). The van der Waals surface area contributed by atoms with Gasteiger partial charge in [-0.05, 0) is 6.92 Å². The van der Waals surface area contributed by atoms with Crippen molar-refractivity contribution < 1.29 is 14.7 Å². The van der Waals surface area contributed by atoms with E-state index >= 15 is 0 Å². The van der Waals surface area contributed by atoms with E-state index in [9.17, 15) is 4.79 Å². The first-order valence-electron chi connectivity index (χ1n) is 2.70. The molecule has 1 unspecified atom stereocenters. The monoisotopic (exact) mass is 133 g/mol. The highest BCUT2D eigenvalue weighted by Gasteiger charge is 1.98. The van der Waals surface area contributed by atoms with Gasteiger partial charge in [0, 0.05) is 6.92 Å². The van der Waals surface area contributed by atoms with E-state index in [-0.39, 0.29) is 18.6 Å². The fourth-order valence-electron chi connectivity index (χ4n) is 0.221. The molecule has 0 saturated carbocycles. The summed E-state index contributed by atoms with van der Waals surface area (Å²) in [5.74, 6) is -0.268. The molecule has 0 aliphatic rings. The Hall–Kier alpha value is -0.610. The fourth-order valence-corrected chi connectivity index (χ4v) is 0.221. The van der Waals surface area contributed by atoms with Crippen LogP contribution in [0.2, 0.25) is 0 Å². The Morgan fingerprint density at radius 1 is 1.89 bits per heavy atom. The molecule has 0 aromatic heterocycles. The maximum absolute atomic E-state index is 10.1. The molecule has 0 aliphatic carbocycles. The minimum atomic E-state index is -0.339. The van der Waals surface area contributed by atoms with Gasteiger partial charge in [0.15, 0.2) is 0 Å². The highest BCUT2D eigenvalue weighted by molar-refractivity contribution is 5.71. The first-order valence-corrected chi connectivity index (χ1v) is 2.70. The van der Waals surface area contributed by atoms with E-state index in [0.29, 0.717) is 0 Å². The van der Waals surface area contributed by atoms with Crippen molar-refractivity contribution in [2.75, 3.05) is 6.61 Å². The van der Waals surface area contributed by atoms with Crippen LogP contribution in [0.5, 0.6) is 0 Å². The number of nitrogens with one attached hydrogen (secondary N) is 1. The Kier molecular flexibility index (Phi) is 4.00. The van der Waals surface area contributed by atoms with Gasteiger partial charge >= 0.3 is 0 Å². The summed E-state index contributed by atoms with van der Waals surface area (Å²) >= 11 is 0. The maximum atomic E-state index is 10.1. The molecular formula is C5H11NO3. The molecule has 0 radical (unpaired) electrons. The average Bonchev–Trinajstić information content (AvgIpc) is 1.83. The number of rotatable bonds is 3. The van der Waals surface area contributed by atoms with Crippen LogP contribution in [0.3, 0.4) is 0 Å². The highest BCUT2D eigenvalue weighted by atomic mass is 16.7. The van der Waals surface area contributed by atoms with Gasteiger partial charge in [0.05, 0.1) is 6.61 Å². The van der Waals surface area contributed by atoms with E-state index in [1.165, 1.54) is 6.92 Å². The van der Waals surface area contributed by atoms with Crippen molar-refractivity contribution in [1.82, 2.24) is 5.48 Å². The summed E-state index contributed by atoms with van der Waals surface area (Å²) in [6.07, 6.45) is -0.339. The summed E-state index contributed by atoms with van der Waals surface area (Å²) < 4.78 is 0. The molecule has 9 heavy (non-hydrogen) atoms. The van der Waals surface area contributed by atoms with Crippen LogP contribution in [-0.2, 0) is 9.63 Å². The minimum absolute atomic E-state index is 0.0969. The van der Waals surface area contributed by atoms with Gasteiger partial charge in [0.25, 0.3) is 0 Å². The van der Waals surface area contributed by atoms with Crippen molar-refractivity contribution in [2.24, 2.45) is 0 Å². The number of aliphatic hydroxyl groups excluding tert-OH is 1. The standard InChI is InChI=1S/C5H11NO3/c1-4(3-7)9-6-5(2)8/h4,7H,3H2,1-2H3,(H,6,8). The molecule has 0 aromatic carbocycles. The SMILES string of the molecule is CC(=O)NOC(C)CO. The molecule has 0 saturated heterocycles. The summed E-state index contributed by atoms with van der Waals surface area (Å²) in [4.78, 5) is 14.7. The first kappa shape index (κ1) is 8.39. The van der Waals surface area contributed by atoms with Gasteiger partial charge in [-0.1, -0.05) is 0 Å². The number of carbonyl (C=O) groups excluding carboxylic acids is 1. The largest absolute Gasteiger partial charge is 0.394 e. The number of aliphatic hydroxyl groups is 1. The van der Waals surface area contributed by atoms with E-state index in [4.69, 9.17) is 5.11 Å². The second-order valence-electron chi connectivity index (χ2n) is 1.77. The molecule has 2 N–H and O–H groups in total. The molecule has 0 spiro atoms. The lowest BCUT2D eigenvalue weighted by atomic mass is 10.5. The maximum Gasteiger partial charge on any atom is 0.240 e. The third-order valence-electron chi connectivity index (χ3n) is 0.661. The van der Waals surface area contributed by atoms with E-state index in [2.05, 4.69) is 10.3 Å². The second kappa shape index (κ2) is 4.29. The average molecular weight is 133 g/mol. The Balaban J connectivity index is 3.16. The zero-order valence-corrected chi connectivity index (χ0v) is 5.55. The molecule has 1 amide bonds. The zero-order chi connectivity index (χ0) is 7.28. The number of carbonyl (C=O) groups is 1. The number of amides is 1. The van der Waals surface area contributed by atoms with Gasteiger partial charge in [-0.25, -0.2) is 5.48 Å². The van der Waals surface area contributed by atoms with Gasteiger partial charge in [0.2, 0.25) is 5.91 Å². The van der Waals surface area contributed by atoms with Crippen molar-refractivity contribution >= 4 is 5.91 Å². The zero-order valence-electron chi connectivity index (χ0n) is 5.55. The highest BCUT2D eigenvalue weighted by Crippen LogP contribution is 1.82. The number of hydrogen-bond acceptors (Lipinski definition) is 3. The lowest BCUT2D eigenvalue weighted by Crippen LogP contribution is -2.27. The minimum Gasteiger partial charge on any atom is -0.394 e. The third-order valence-corrected chi connectivity index (χ3v) is 0.661. The van der Waals surface area contributed by atoms with Gasteiger partial charge in [-0.15, -0.1) is 0 Å². The van der Waals surface area contributed by atoms with Crippen molar-refractivity contribution in [3.05, 3.63) is 0 Å². The Bertz CT molecular complexity index is 94.2. The van der Waals surface area contributed by atoms with Gasteiger partial charge in [-0.3, -0.25) is 9.63 Å². The van der Waals surface area contributed by atoms with Crippen molar-refractivity contribution in [2.45, 2.75) is 20.0 Å². The summed E-state index contributed by atoms with van der Waals surface area (Å²) in [7, 11) is 0. The topological polar surface area (TPSA) is 58.6 Å². The quantitative estimate of drug-likeness (QED) is 0.507. The lowest BCUT2D eigenvalue weighted by molar-refractivity contribution is -0.137. The predicted octanol–water partition coefficient (Wildman–Crippen LogP) is -0.565. The summed E-state index contributed by atoms with van der Waals surface area (Å²) in [6.45, 7) is 2.89. The molecular weight excluding hydrogens is 122 g/mol. The molecule has 0 aliphatic heterocycles. The van der Waals surface area contributed by atoms with Crippen LogP contribution in [0.25, 0.3) is 0 Å². The molecule has 4 heteroatoms. The fraction of sp³-hybridized carbons (Fsp3) is 0.800. The van der Waals surface area contributed by atoms with E-state index < -0.39 is 0 Å². The van der Waals surface area contributed by atoms with Crippen LogP contribution in [-0.4, -0.2) is 23.7 Å². The molecule has 54 valence electrons. The molecule has 0 bridgehead atoms. The van der Waals surface area contributed by atoms with Crippen LogP contribution in [0, 0.1) is 0 Å². The van der Waals surface area contributed by atoms with Gasteiger partial charge in [-0.2, -0.15) is 0 Å². The Labute approximate surface area is 53.8 Å². The van der Waals surface area contributed by atoms with Crippen LogP contribution in [0.15, 0.2) is 0 Å². The number of hydroxylamine groups is 1. The Morgan fingerprint density at radius 2 is 2.44 bits per heavy atom. The van der Waals surface area contributed by atoms with E-state index in [1.807, 2.05) is 0 Å². The summed E-state index contributed by atoms with van der Waals surface area (Å²) in [6, 6.07) is 0. The van der Waals surface area contributed by atoms with Crippen LogP contribution < -0.4 is 5.48 Å². The molecule has 1 atom stereocenters. The first-order chi connectivity index (χ1) is 4.16. The number of hydrogen-bond donors (Lipinski definition) is 2. The predicted molar refractivity (Wildman–Crippen MR) is 31.4 cm³/mol. The Morgan fingerprint density at radius 3 is 2.78 bits per heavy atom. The molecule has 0 aromatic rings. The molecule has 0 fully saturated rings. The van der Waals surface area contributed by atoms with Crippen molar-refractivity contribution in [3.63, 3.8) is 0 Å². The van der Waals surface area contributed by atoms with Crippen LogP contribution >= 0.6 is 0 Å². The van der Waals surface area contributed by atoms with E-state index in [0.717, 1.165) is 0 Å².